The largest absolute Gasteiger partial charge is 0.481 e. The summed E-state index contributed by atoms with van der Waals surface area (Å²) >= 11 is 3.45. The molecule has 1 unspecified atom stereocenters. The third kappa shape index (κ3) is 2.36. The number of hydrogen-bond acceptors (Lipinski definition) is 1. The maximum Gasteiger partial charge on any atom is 0.306 e. The van der Waals surface area contributed by atoms with E-state index in [2.05, 4.69) is 15.9 Å². The first kappa shape index (κ1) is 12.2. The summed E-state index contributed by atoms with van der Waals surface area (Å²) in [7, 11) is 1.98. The highest BCUT2D eigenvalue weighted by atomic mass is 79.9. The second-order valence-corrected chi connectivity index (χ2v) is 5.29. The van der Waals surface area contributed by atoms with Crippen molar-refractivity contribution in [1.82, 2.24) is 4.57 Å². The van der Waals surface area contributed by atoms with Crippen molar-refractivity contribution in [2.45, 2.75) is 13.3 Å². The van der Waals surface area contributed by atoms with Gasteiger partial charge in [0.1, 0.15) is 0 Å². The summed E-state index contributed by atoms with van der Waals surface area (Å²) in [5.41, 5.74) is 2.21. The van der Waals surface area contributed by atoms with Gasteiger partial charge in [-0.05, 0) is 30.2 Å². The highest BCUT2D eigenvalue weighted by Gasteiger charge is 2.15. The second-order valence-electron chi connectivity index (χ2n) is 4.37. The summed E-state index contributed by atoms with van der Waals surface area (Å²) in [4.78, 5) is 10.9. The highest BCUT2D eigenvalue weighted by Crippen LogP contribution is 2.26. The third-order valence-electron chi connectivity index (χ3n) is 2.98. The van der Waals surface area contributed by atoms with Crippen molar-refractivity contribution < 1.29 is 9.90 Å². The molecule has 0 saturated heterocycles. The van der Waals surface area contributed by atoms with Crippen molar-refractivity contribution in [2.75, 3.05) is 0 Å². The molecule has 2 rings (SSSR count). The Morgan fingerprint density at radius 1 is 1.53 bits per heavy atom. The maximum absolute atomic E-state index is 10.9. The molecular formula is C13H14BrNO2. The molecule has 1 N–H and O–H groups in total. The van der Waals surface area contributed by atoms with Crippen molar-refractivity contribution in [1.29, 1.82) is 0 Å². The van der Waals surface area contributed by atoms with Gasteiger partial charge in [0.05, 0.1) is 5.92 Å². The third-order valence-corrected chi connectivity index (χ3v) is 3.47. The van der Waals surface area contributed by atoms with Crippen molar-refractivity contribution in [3.05, 3.63) is 34.4 Å². The average molecular weight is 296 g/mol. The second kappa shape index (κ2) is 4.53. The minimum Gasteiger partial charge on any atom is -0.481 e. The van der Waals surface area contributed by atoms with E-state index in [1.807, 2.05) is 36.0 Å². The standard InChI is InChI=1S/C13H14BrNO2/c1-8(13(16)17)5-9-7-15(2)12-4-3-10(14)6-11(9)12/h3-4,6-8H,5H2,1-2H3,(H,16,17). The molecule has 1 aromatic carbocycles. The van der Waals surface area contributed by atoms with Gasteiger partial charge in [0, 0.05) is 28.6 Å². The topological polar surface area (TPSA) is 42.2 Å². The molecule has 0 fully saturated rings. The van der Waals surface area contributed by atoms with Gasteiger partial charge in [-0.1, -0.05) is 22.9 Å². The number of carboxylic acids is 1. The van der Waals surface area contributed by atoms with Gasteiger partial charge < -0.3 is 9.67 Å². The Kier molecular flexibility index (Phi) is 3.24. The van der Waals surface area contributed by atoms with Crippen molar-refractivity contribution in [3.8, 4) is 0 Å². The van der Waals surface area contributed by atoms with Crippen LogP contribution in [0.5, 0.6) is 0 Å². The molecule has 0 aliphatic heterocycles. The Bertz CT molecular complexity index is 574. The van der Waals surface area contributed by atoms with Crippen molar-refractivity contribution in [2.24, 2.45) is 13.0 Å². The Labute approximate surface area is 108 Å². The summed E-state index contributed by atoms with van der Waals surface area (Å²) in [6, 6.07) is 6.07. The summed E-state index contributed by atoms with van der Waals surface area (Å²) in [6.45, 7) is 1.74. The van der Waals surface area contributed by atoms with Gasteiger partial charge in [-0.2, -0.15) is 0 Å². The average Bonchev–Trinajstić information content (AvgIpc) is 2.55. The molecule has 0 aliphatic rings. The number of nitrogens with zero attached hydrogens (tertiary/aromatic N) is 1. The van der Waals surface area contributed by atoms with Crippen LogP contribution in [0.2, 0.25) is 0 Å². The van der Waals surface area contributed by atoms with Crippen LogP contribution in [0, 0.1) is 5.92 Å². The molecule has 0 amide bonds. The Morgan fingerprint density at radius 3 is 2.88 bits per heavy atom. The Morgan fingerprint density at radius 2 is 2.24 bits per heavy atom. The first-order valence-corrected chi connectivity index (χ1v) is 6.24. The lowest BCUT2D eigenvalue weighted by Crippen LogP contribution is -2.11. The van der Waals surface area contributed by atoms with Crippen LogP contribution in [0.3, 0.4) is 0 Å². The quantitative estimate of drug-likeness (QED) is 0.945. The summed E-state index contributed by atoms with van der Waals surface area (Å²) in [6.07, 6.45) is 2.57. The van der Waals surface area contributed by atoms with Gasteiger partial charge >= 0.3 is 5.97 Å². The van der Waals surface area contributed by atoms with Crippen LogP contribution in [0.1, 0.15) is 12.5 Å². The first-order valence-electron chi connectivity index (χ1n) is 5.45. The van der Waals surface area contributed by atoms with Crippen LogP contribution >= 0.6 is 15.9 Å². The Hall–Kier alpha value is -1.29. The van der Waals surface area contributed by atoms with Crippen LogP contribution in [0.15, 0.2) is 28.9 Å². The van der Waals surface area contributed by atoms with E-state index < -0.39 is 5.97 Å². The van der Waals surface area contributed by atoms with Crippen molar-refractivity contribution in [3.63, 3.8) is 0 Å². The molecule has 1 atom stereocenters. The monoisotopic (exact) mass is 295 g/mol. The van der Waals surface area contributed by atoms with Gasteiger partial charge in [-0.25, -0.2) is 0 Å². The molecule has 1 heterocycles. The van der Waals surface area contributed by atoms with E-state index in [0.29, 0.717) is 6.42 Å². The molecule has 90 valence electrons. The molecule has 3 nitrogen and oxygen atoms in total. The molecule has 1 aromatic heterocycles. The Balaban J connectivity index is 2.47. The lowest BCUT2D eigenvalue weighted by atomic mass is 10.0. The van der Waals surface area contributed by atoms with Crippen LogP contribution in [-0.2, 0) is 18.3 Å². The molecule has 17 heavy (non-hydrogen) atoms. The normalized spacial score (nSPS) is 12.9. The fourth-order valence-electron chi connectivity index (χ4n) is 2.03. The lowest BCUT2D eigenvalue weighted by molar-refractivity contribution is -0.141. The number of benzene rings is 1. The molecule has 4 heteroatoms. The molecule has 0 bridgehead atoms. The minimum absolute atomic E-state index is 0.361. The predicted molar refractivity (Wildman–Crippen MR) is 71.1 cm³/mol. The highest BCUT2D eigenvalue weighted by molar-refractivity contribution is 9.10. The minimum atomic E-state index is -0.753. The zero-order chi connectivity index (χ0) is 12.6. The van der Waals surface area contributed by atoms with Gasteiger partial charge in [-0.3, -0.25) is 4.79 Å². The zero-order valence-corrected chi connectivity index (χ0v) is 11.4. The van der Waals surface area contributed by atoms with E-state index in [-0.39, 0.29) is 5.92 Å². The molecule has 0 spiro atoms. The number of carbonyl (C=O) groups is 1. The molecule has 0 aliphatic carbocycles. The smallest absolute Gasteiger partial charge is 0.306 e. The van der Waals surface area contributed by atoms with Crippen LogP contribution < -0.4 is 0 Å². The zero-order valence-electron chi connectivity index (χ0n) is 9.77. The summed E-state index contributed by atoms with van der Waals surface area (Å²) in [5, 5.41) is 10.1. The van der Waals surface area contributed by atoms with Gasteiger partial charge in [0.15, 0.2) is 0 Å². The number of hydrogen-bond donors (Lipinski definition) is 1. The molecular weight excluding hydrogens is 282 g/mol. The lowest BCUT2D eigenvalue weighted by Gasteiger charge is -2.04. The van der Waals surface area contributed by atoms with E-state index in [1.54, 1.807) is 6.92 Å². The van der Waals surface area contributed by atoms with Gasteiger partial charge in [-0.15, -0.1) is 0 Å². The molecule has 0 saturated carbocycles. The molecule has 2 aromatic rings. The maximum atomic E-state index is 10.9. The number of fused-ring (bicyclic) bond motifs is 1. The van der Waals surface area contributed by atoms with Crippen molar-refractivity contribution >= 4 is 32.8 Å². The van der Waals surface area contributed by atoms with Gasteiger partial charge in [0.2, 0.25) is 0 Å². The number of halogens is 1. The van der Waals surface area contributed by atoms with E-state index in [4.69, 9.17) is 5.11 Å². The van der Waals surface area contributed by atoms with E-state index >= 15 is 0 Å². The first-order chi connectivity index (χ1) is 7.99. The van der Waals surface area contributed by atoms with E-state index in [1.165, 1.54) is 0 Å². The van der Waals surface area contributed by atoms with E-state index in [0.717, 1.165) is 20.9 Å². The molecule has 0 radical (unpaired) electrons. The van der Waals surface area contributed by atoms with E-state index in [9.17, 15) is 4.79 Å². The predicted octanol–water partition coefficient (Wildman–Crippen LogP) is 3.20. The summed E-state index contributed by atoms with van der Waals surface area (Å²) in [5.74, 6) is -1.11. The van der Waals surface area contributed by atoms with Gasteiger partial charge in [0.25, 0.3) is 0 Å². The number of aliphatic carboxylic acids is 1. The van der Waals surface area contributed by atoms with Crippen LogP contribution in [-0.4, -0.2) is 15.6 Å². The van der Waals surface area contributed by atoms with Crippen LogP contribution in [0.25, 0.3) is 10.9 Å². The number of rotatable bonds is 3. The SMILES string of the molecule is CC(Cc1cn(C)c2ccc(Br)cc12)C(=O)O. The summed E-state index contributed by atoms with van der Waals surface area (Å²) < 4.78 is 3.05. The fraction of sp³-hybridized carbons (Fsp3) is 0.308. The number of aryl methyl sites for hydroxylation is 1. The number of aromatic nitrogens is 1. The fourth-order valence-corrected chi connectivity index (χ4v) is 2.39. The van der Waals surface area contributed by atoms with Crippen LogP contribution in [0.4, 0.5) is 0 Å². The number of carboxylic acid groups (broad SMARTS) is 1.